The molecule has 0 amide bonds. The molecule has 0 unspecified atom stereocenters. The predicted octanol–water partition coefficient (Wildman–Crippen LogP) is 2.25. The molecule has 0 saturated carbocycles. The maximum absolute atomic E-state index is 3.20. The van der Waals surface area contributed by atoms with Gasteiger partial charge in [0.15, 0.2) is 0 Å². The van der Waals surface area contributed by atoms with E-state index in [9.17, 15) is 0 Å². The van der Waals surface area contributed by atoms with E-state index in [4.69, 9.17) is 0 Å². The van der Waals surface area contributed by atoms with Crippen molar-refractivity contribution in [3.05, 3.63) is 34.9 Å². The van der Waals surface area contributed by atoms with Gasteiger partial charge in [0.25, 0.3) is 0 Å². The average Bonchev–Trinajstić information content (AvgIpc) is 2.18. The van der Waals surface area contributed by atoms with Crippen LogP contribution in [-0.4, -0.2) is 14.1 Å². The van der Waals surface area contributed by atoms with Gasteiger partial charge in [-0.2, -0.15) is 0 Å². The third-order valence-electron chi connectivity index (χ3n) is 2.50. The number of hydrogen-bond donors (Lipinski definition) is 2. The smallest absolute Gasteiger partial charge is 0.0202 e. The molecule has 0 bridgehead atoms. The molecule has 1 rings (SSSR count). The van der Waals surface area contributed by atoms with Gasteiger partial charge in [0.1, 0.15) is 0 Å². The second-order valence-corrected chi connectivity index (χ2v) is 4.30. The quantitative estimate of drug-likeness (QED) is 0.772. The SMILES string of the molecule is CNCc1cc(CNC)cc(C(C)C)c1. The van der Waals surface area contributed by atoms with Gasteiger partial charge < -0.3 is 10.6 Å². The molecule has 84 valence electrons. The van der Waals surface area contributed by atoms with Gasteiger partial charge >= 0.3 is 0 Å². The van der Waals surface area contributed by atoms with Gasteiger partial charge in [-0.15, -0.1) is 0 Å². The zero-order valence-electron chi connectivity index (χ0n) is 10.2. The number of hydrogen-bond acceptors (Lipinski definition) is 2. The molecule has 1 aromatic carbocycles. The fraction of sp³-hybridized carbons (Fsp3) is 0.538. The van der Waals surface area contributed by atoms with E-state index in [1.54, 1.807) is 0 Å². The van der Waals surface area contributed by atoms with Crippen LogP contribution in [0.4, 0.5) is 0 Å². The van der Waals surface area contributed by atoms with Crippen molar-refractivity contribution in [2.75, 3.05) is 14.1 Å². The van der Waals surface area contributed by atoms with Crippen molar-refractivity contribution >= 4 is 0 Å². The van der Waals surface area contributed by atoms with Crippen LogP contribution in [0.2, 0.25) is 0 Å². The summed E-state index contributed by atoms with van der Waals surface area (Å²) in [4.78, 5) is 0. The van der Waals surface area contributed by atoms with Crippen LogP contribution in [0.5, 0.6) is 0 Å². The first kappa shape index (κ1) is 12.2. The lowest BCUT2D eigenvalue weighted by Gasteiger charge is -2.12. The molecule has 0 atom stereocenters. The highest BCUT2D eigenvalue weighted by molar-refractivity contribution is 5.32. The zero-order valence-corrected chi connectivity index (χ0v) is 10.2. The van der Waals surface area contributed by atoms with E-state index in [1.807, 2.05) is 14.1 Å². The maximum atomic E-state index is 3.20. The molecule has 0 aliphatic heterocycles. The maximum Gasteiger partial charge on any atom is 0.0202 e. The molecule has 0 aromatic heterocycles. The monoisotopic (exact) mass is 206 g/mol. The summed E-state index contributed by atoms with van der Waals surface area (Å²) in [6, 6.07) is 6.85. The van der Waals surface area contributed by atoms with Crippen molar-refractivity contribution in [3.63, 3.8) is 0 Å². The van der Waals surface area contributed by atoms with Crippen molar-refractivity contribution in [1.82, 2.24) is 10.6 Å². The molecular formula is C13H22N2. The molecule has 15 heavy (non-hydrogen) atoms. The number of rotatable bonds is 5. The summed E-state index contributed by atoms with van der Waals surface area (Å²) in [5.41, 5.74) is 4.16. The van der Waals surface area contributed by atoms with Crippen LogP contribution in [0.1, 0.15) is 36.5 Å². The molecule has 0 aliphatic carbocycles. The summed E-state index contributed by atoms with van der Waals surface area (Å²) in [6.07, 6.45) is 0. The first-order chi connectivity index (χ1) is 7.17. The number of nitrogens with one attached hydrogen (secondary N) is 2. The van der Waals surface area contributed by atoms with E-state index in [1.165, 1.54) is 16.7 Å². The highest BCUT2D eigenvalue weighted by Crippen LogP contribution is 2.18. The molecule has 0 radical (unpaired) electrons. The standard InChI is InChI=1S/C13H22N2/c1-10(2)13-6-11(8-14-3)5-12(7-13)9-15-4/h5-7,10,14-15H,8-9H2,1-4H3. The first-order valence-corrected chi connectivity index (χ1v) is 5.59. The third kappa shape index (κ3) is 3.65. The third-order valence-corrected chi connectivity index (χ3v) is 2.50. The van der Waals surface area contributed by atoms with Crippen molar-refractivity contribution < 1.29 is 0 Å². The topological polar surface area (TPSA) is 24.1 Å². The van der Waals surface area contributed by atoms with E-state index >= 15 is 0 Å². The lowest BCUT2D eigenvalue weighted by Crippen LogP contribution is -2.09. The summed E-state index contributed by atoms with van der Waals surface area (Å²) >= 11 is 0. The van der Waals surface area contributed by atoms with E-state index in [0.29, 0.717) is 5.92 Å². The summed E-state index contributed by atoms with van der Waals surface area (Å²) in [7, 11) is 3.97. The summed E-state index contributed by atoms with van der Waals surface area (Å²) in [5, 5.41) is 6.40. The van der Waals surface area contributed by atoms with Crippen LogP contribution in [0.3, 0.4) is 0 Å². The van der Waals surface area contributed by atoms with Crippen LogP contribution in [0, 0.1) is 0 Å². The van der Waals surface area contributed by atoms with Gasteiger partial charge in [0.2, 0.25) is 0 Å². The van der Waals surface area contributed by atoms with Gasteiger partial charge in [0.05, 0.1) is 0 Å². The minimum absolute atomic E-state index is 0.595. The van der Waals surface area contributed by atoms with Crippen LogP contribution in [0.25, 0.3) is 0 Å². The Morgan fingerprint density at radius 3 is 1.73 bits per heavy atom. The van der Waals surface area contributed by atoms with Crippen molar-refractivity contribution in [1.29, 1.82) is 0 Å². The molecule has 0 fully saturated rings. The van der Waals surface area contributed by atoms with Crippen LogP contribution in [-0.2, 0) is 13.1 Å². The Balaban J connectivity index is 2.97. The highest BCUT2D eigenvalue weighted by atomic mass is 14.8. The summed E-state index contributed by atoms with van der Waals surface area (Å²) in [5.74, 6) is 0.595. The lowest BCUT2D eigenvalue weighted by atomic mass is 9.97. The van der Waals surface area contributed by atoms with E-state index in [-0.39, 0.29) is 0 Å². The zero-order chi connectivity index (χ0) is 11.3. The Labute approximate surface area is 93.1 Å². The first-order valence-electron chi connectivity index (χ1n) is 5.59. The average molecular weight is 206 g/mol. The second-order valence-electron chi connectivity index (χ2n) is 4.30. The molecular weight excluding hydrogens is 184 g/mol. The van der Waals surface area contributed by atoms with Gasteiger partial charge in [-0.1, -0.05) is 32.0 Å². The molecule has 0 saturated heterocycles. The molecule has 2 heteroatoms. The Morgan fingerprint density at radius 1 is 0.933 bits per heavy atom. The Kier molecular flexibility index (Phi) is 4.79. The highest BCUT2D eigenvalue weighted by Gasteiger charge is 2.03. The molecule has 2 N–H and O–H groups in total. The van der Waals surface area contributed by atoms with Gasteiger partial charge in [-0.3, -0.25) is 0 Å². The Hall–Kier alpha value is -0.860. The van der Waals surface area contributed by atoms with Gasteiger partial charge in [-0.05, 0) is 36.7 Å². The van der Waals surface area contributed by atoms with Crippen LogP contribution < -0.4 is 10.6 Å². The normalized spacial score (nSPS) is 11.0. The Bertz CT molecular complexity index is 281. The lowest BCUT2D eigenvalue weighted by molar-refractivity contribution is 0.783. The minimum atomic E-state index is 0.595. The molecule has 2 nitrogen and oxygen atoms in total. The van der Waals surface area contributed by atoms with Gasteiger partial charge in [-0.25, -0.2) is 0 Å². The molecule has 0 spiro atoms. The Morgan fingerprint density at radius 2 is 1.40 bits per heavy atom. The minimum Gasteiger partial charge on any atom is -0.316 e. The molecule has 1 aromatic rings. The van der Waals surface area contributed by atoms with Crippen LogP contribution >= 0.6 is 0 Å². The fourth-order valence-electron chi connectivity index (χ4n) is 1.74. The largest absolute Gasteiger partial charge is 0.316 e. The van der Waals surface area contributed by atoms with Crippen molar-refractivity contribution in [3.8, 4) is 0 Å². The number of benzene rings is 1. The fourth-order valence-corrected chi connectivity index (χ4v) is 1.74. The van der Waals surface area contributed by atoms with Crippen LogP contribution in [0.15, 0.2) is 18.2 Å². The summed E-state index contributed by atoms with van der Waals surface area (Å²) in [6.45, 7) is 6.36. The molecule has 0 aliphatic rings. The second kappa shape index (κ2) is 5.89. The van der Waals surface area contributed by atoms with Crippen molar-refractivity contribution in [2.24, 2.45) is 0 Å². The van der Waals surface area contributed by atoms with E-state index in [2.05, 4.69) is 42.7 Å². The van der Waals surface area contributed by atoms with Crippen molar-refractivity contribution in [2.45, 2.75) is 32.9 Å². The predicted molar refractivity (Wildman–Crippen MR) is 66.1 cm³/mol. The van der Waals surface area contributed by atoms with E-state index < -0.39 is 0 Å². The van der Waals surface area contributed by atoms with Gasteiger partial charge in [0, 0.05) is 13.1 Å². The summed E-state index contributed by atoms with van der Waals surface area (Å²) < 4.78 is 0. The molecule has 0 heterocycles. The van der Waals surface area contributed by atoms with E-state index in [0.717, 1.165) is 13.1 Å².